The number of benzene rings is 1. The molecule has 1 rings (SSSR count). The van der Waals surface area contributed by atoms with E-state index in [0.717, 1.165) is 25.9 Å². The summed E-state index contributed by atoms with van der Waals surface area (Å²) in [5.74, 6) is 0. The Morgan fingerprint density at radius 3 is 2.17 bits per heavy atom. The van der Waals surface area contributed by atoms with E-state index < -0.39 is 0 Å². The zero-order valence-corrected chi connectivity index (χ0v) is 12.2. The Morgan fingerprint density at radius 2 is 1.72 bits per heavy atom. The predicted octanol–water partition coefficient (Wildman–Crippen LogP) is 3.62. The minimum Gasteiger partial charge on any atom is -0.396 e. The lowest BCUT2D eigenvalue weighted by Gasteiger charge is -2.37. The second-order valence-corrected chi connectivity index (χ2v) is 5.17. The quantitative estimate of drug-likeness (QED) is 0.798. The highest BCUT2D eigenvalue weighted by atomic mass is 16.3. The van der Waals surface area contributed by atoms with E-state index in [2.05, 4.69) is 56.9 Å². The number of nitrogens with zero attached hydrogens (tertiary/aromatic N) is 1. The van der Waals surface area contributed by atoms with Gasteiger partial charge in [-0.05, 0) is 38.3 Å². The summed E-state index contributed by atoms with van der Waals surface area (Å²) in [7, 11) is 0. The molecule has 1 aromatic rings. The Kier molecular flexibility index (Phi) is 5.67. The standard InChI is InChI=1S/C16H27NO/c1-5-16(6-2,13-18)12-17(7-3)15-11-9-8-10-14(15)4/h8-11,18H,5-7,12-13H2,1-4H3. The van der Waals surface area contributed by atoms with Crippen LogP contribution < -0.4 is 4.90 Å². The van der Waals surface area contributed by atoms with E-state index in [1.807, 2.05) is 0 Å². The Hall–Kier alpha value is -1.02. The summed E-state index contributed by atoms with van der Waals surface area (Å²) in [6.07, 6.45) is 2.03. The molecule has 0 spiro atoms. The van der Waals surface area contributed by atoms with Crippen molar-refractivity contribution in [3.63, 3.8) is 0 Å². The Morgan fingerprint density at radius 1 is 1.11 bits per heavy atom. The first kappa shape index (κ1) is 15.0. The fraction of sp³-hybridized carbons (Fsp3) is 0.625. The first-order valence-electron chi connectivity index (χ1n) is 7.04. The highest BCUT2D eigenvalue weighted by Gasteiger charge is 2.28. The molecule has 0 aliphatic heterocycles. The number of hydrogen-bond acceptors (Lipinski definition) is 2. The number of hydrogen-bond donors (Lipinski definition) is 1. The van der Waals surface area contributed by atoms with Crippen LogP contribution in [-0.4, -0.2) is 24.8 Å². The van der Waals surface area contributed by atoms with Crippen LogP contribution in [0.1, 0.15) is 39.2 Å². The van der Waals surface area contributed by atoms with Crippen LogP contribution in [0.25, 0.3) is 0 Å². The average Bonchev–Trinajstić information content (AvgIpc) is 2.42. The van der Waals surface area contributed by atoms with Crippen LogP contribution in [0.2, 0.25) is 0 Å². The Bertz CT molecular complexity index is 350. The van der Waals surface area contributed by atoms with E-state index in [1.165, 1.54) is 11.3 Å². The van der Waals surface area contributed by atoms with Gasteiger partial charge in [-0.1, -0.05) is 32.0 Å². The van der Waals surface area contributed by atoms with Crippen molar-refractivity contribution >= 4 is 5.69 Å². The fourth-order valence-corrected chi connectivity index (χ4v) is 2.44. The van der Waals surface area contributed by atoms with Crippen LogP contribution in [0.5, 0.6) is 0 Å². The van der Waals surface area contributed by atoms with Crippen molar-refractivity contribution < 1.29 is 5.11 Å². The highest BCUT2D eigenvalue weighted by Crippen LogP contribution is 2.30. The van der Waals surface area contributed by atoms with Crippen LogP contribution in [-0.2, 0) is 0 Å². The van der Waals surface area contributed by atoms with Gasteiger partial charge in [-0.25, -0.2) is 0 Å². The van der Waals surface area contributed by atoms with Gasteiger partial charge in [-0.15, -0.1) is 0 Å². The number of rotatable bonds is 7. The zero-order chi connectivity index (χ0) is 13.6. The fourth-order valence-electron chi connectivity index (χ4n) is 2.44. The number of aliphatic hydroxyl groups excluding tert-OH is 1. The maximum atomic E-state index is 9.71. The monoisotopic (exact) mass is 249 g/mol. The number of anilines is 1. The van der Waals surface area contributed by atoms with Gasteiger partial charge in [0, 0.05) is 24.2 Å². The molecule has 0 fully saturated rings. The second-order valence-electron chi connectivity index (χ2n) is 5.17. The molecule has 0 saturated carbocycles. The Labute approximate surface area is 112 Å². The molecule has 0 bridgehead atoms. The third-order valence-corrected chi connectivity index (χ3v) is 4.20. The summed E-state index contributed by atoms with van der Waals surface area (Å²) in [6.45, 7) is 10.8. The molecule has 1 aromatic carbocycles. The lowest BCUT2D eigenvalue weighted by Crippen LogP contribution is -2.40. The van der Waals surface area contributed by atoms with E-state index in [9.17, 15) is 5.11 Å². The van der Waals surface area contributed by atoms with Gasteiger partial charge >= 0.3 is 0 Å². The third-order valence-electron chi connectivity index (χ3n) is 4.20. The minimum absolute atomic E-state index is 0.0261. The van der Waals surface area contributed by atoms with Gasteiger partial charge in [0.25, 0.3) is 0 Å². The summed E-state index contributed by atoms with van der Waals surface area (Å²) in [6, 6.07) is 8.48. The molecule has 102 valence electrons. The summed E-state index contributed by atoms with van der Waals surface area (Å²) in [4.78, 5) is 2.39. The first-order valence-corrected chi connectivity index (χ1v) is 7.04. The molecule has 2 nitrogen and oxygen atoms in total. The SMILES string of the molecule is CCN(CC(CC)(CC)CO)c1ccccc1C. The van der Waals surface area contributed by atoms with Crippen molar-refractivity contribution in [2.24, 2.45) is 5.41 Å². The molecule has 0 aromatic heterocycles. The molecule has 0 saturated heterocycles. The third kappa shape index (κ3) is 3.26. The van der Waals surface area contributed by atoms with E-state index in [0.29, 0.717) is 0 Å². The van der Waals surface area contributed by atoms with E-state index >= 15 is 0 Å². The minimum atomic E-state index is 0.0261. The lowest BCUT2D eigenvalue weighted by atomic mass is 9.82. The van der Waals surface area contributed by atoms with Crippen molar-refractivity contribution in [1.29, 1.82) is 0 Å². The maximum absolute atomic E-state index is 9.71. The summed E-state index contributed by atoms with van der Waals surface area (Å²) < 4.78 is 0. The van der Waals surface area contributed by atoms with E-state index in [4.69, 9.17) is 0 Å². The van der Waals surface area contributed by atoms with Crippen molar-refractivity contribution in [1.82, 2.24) is 0 Å². The molecular formula is C16H27NO. The second kappa shape index (κ2) is 6.79. The molecule has 0 radical (unpaired) electrons. The van der Waals surface area contributed by atoms with Gasteiger partial charge in [-0.2, -0.15) is 0 Å². The largest absolute Gasteiger partial charge is 0.396 e. The van der Waals surface area contributed by atoms with Gasteiger partial charge in [0.2, 0.25) is 0 Å². The number of aliphatic hydroxyl groups is 1. The van der Waals surface area contributed by atoms with Crippen LogP contribution in [0.15, 0.2) is 24.3 Å². The molecular weight excluding hydrogens is 222 g/mol. The Balaban J connectivity index is 2.94. The molecule has 0 aliphatic rings. The molecule has 0 unspecified atom stereocenters. The molecule has 0 atom stereocenters. The van der Waals surface area contributed by atoms with E-state index in [-0.39, 0.29) is 12.0 Å². The van der Waals surface area contributed by atoms with Crippen molar-refractivity contribution in [2.45, 2.75) is 40.5 Å². The average molecular weight is 249 g/mol. The highest BCUT2D eigenvalue weighted by molar-refractivity contribution is 5.53. The zero-order valence-electron chi connectivity index (χ0n) is 12.2. The van der Waals surface area contributed by atoms with Crippen molar-refractivity contribution in [3.05, 3.63) is 29.8 Å². The molecule has 0 aliphatic carbocycles. The van der Waals surface area contributed by atoms with Gasteiger partial charge in [0.15, 0.2) is 0 Å². The van der Waals surface area contributed by atoms with Crippen LogP contribution in [0.4, 0.5) is 5.69 Å². The number of para-hydroxylation sites is 1. The van der Waals surface area contributed by atoms with Crippen molar-refractivity contribution in [2.75, 3.05) is 24.6 Å². The van der Waals surface area contributed by atoms with Gasteiger partial charge in [0.1, 0.15) is 0 Å². The maximum Gasteiger partial charge on any atom is 0.0504 e. The summed E-state index contributed by atoms with van der Waals surface area (Å²) in [5, 5.41) is 9.71. The summed E-state index contributed by atoms with van der Waals surface area (Å²) in [5.41, 5.74) is 2.62. The van der Waals surface area contributed by atoms with Gasteiger partial charge in [0.05, 0.1) is 6.61 Å². The van der Waals surface area contributed by atoms with E-state index in [1.54, 1.807) is 0 Å². The van der Waals surface area contributed by atoms with Crippen molar-refractivity contribution in [3.8, 4) is 0 Å². The topological polar surface area (TPSA) is 23.5 Å². The van der Waals surface area contributed by atoms with Crippen LogP contribution in [0.3, 0.4) is 0 Å². The molecule has 1 N–H and O–H groups in total. The summed E-state index contributed by atoms with van der Waals surface area (Å²) >= 11 is 0. The lowest BCUT2D eigenvalue weighted by molar-refractivity contribution is 0.120. The van der Waals surface area contributed by atoms with Gasteiger partial charge in [-0.3, -0.25) is 0 Å². The van der Waals surface area contributed by atoms with Crippen LogP contribution >= 0.6 is 0 Å². The van der Waals surface area contributed by atoms with Gasteiger partial charge < -0.3 is 10.0 Å². The molecule has 0 amide bonds. The number of aryl methyl sites for hydroxylation is 1. The predicted molar refractivity (Wildman–Crippen MR) is 79.2 cm³/mol. The molecule has 0 heterocycles. The van der Waals surface area contributed by atoms with Crippen LogP contribution in [0, 0.1) is 12.3 Å². The smallest absolute Gasteiger partial charge is 0.0504 e. The normalized spacial score (nSPS) is 11.6. The molecule has 2 heteroatoms. The first-order chi connectivity index (χ1) is 8.62. The molecule has 18 heavy (non-hydrogen) atoms.